The third-order valence-electron chi connectivity index (χ3n) is 2.16. The molecule has 82 valence electrons. The van der Waals surface area contributed by atoms with E-state index in [1.807, 2.05) is 0 Å². The SMILES string of the molecule is COC(=O)c1cccc2cc(C(=O)O)oc12. The second kappa shape index (κ2) is 3.69. The predicted molar refractivity (Wildman–Crippen MR) is 54.5 cm³/mol. The molecule has 0 aliphatic carbocycles. The number of hydrogen-bond donors (Lipinski definition) is 1. The molecule has 0 saturated carbocycles. The highest BCUT2D eigenvalue weighted by Crippen LogP contribution is 2.23. The van der Waals surface area contributed by atoms with Crippen LogP contribution in [0.15, 0.2) is 28.7 Å². The quantitative estimate of drug-likeness (QED) is 0.782. The third-order valence-corrected chi connectivity index (χ3v) is 2.16. The van der Waals surface area contributed by atoms with Gasteiger partial charge < -0.3 is 14.3 Å². The molecule has 0 radical (unpaired) electrons. The van der Waals surface area contributed by atoms with Crippen molar-refractivity contribution < 1.29 is 23.8 Å². The van der Waals surface area contributed by atoms with Gasteiger partial charge in [-0.25, -0.2) is 9.59 Å². The fourth-order valence-electron chi connectivity index (χ4n) is 1.44. The van der Waals surface area contributed by atoms with Crippen LogP contribution in [0.5, 0.6) is 0 Å². The summed E-state index contributed by atoms with van der Waals surface area (Å²) in [7, 11) is 1.25. The molecule has 1 N–H and O–H groups in total. The molecule has 5 heteroatoms. The summed E-state index contributed by atoms with van der Waals surface area (Å²) in [5.74, 6) is -1.93. The molecular weight excluding hydrogens is 212 g/mol. The van der Waals surface area contributed by atoms with Crippen molar-refractivity contribution in [2.45, 2.75) is 0 Å². The van der Waals surface area contributed by atoms with Crippen LogP contribution in [-0.2, 0) is 4.74 Å². The molecule has 0 aliphatic rings. The van der Waals surface area contributed by atoms with E-state index in [2.05, 4.69) is 4.74 Å². The highest BCUT2D eigenvalue weighted by Gasteiger charge is 2.17. The van der Waals surface area contributed by atoms with E-state index < -0.39 is 11.9 Å². The first-order chi connectivity index (χ1) is 7.63. The van der Waals surface area contributed by atoms with Crippen molar-refractivity contribution in [2.24, 2.45) is 0 Å². The normalized spacial score (nSPS) is 10.3. The lowest BCUT2D eigenvalue weighted by Crippen LogP contribution is -2.00. The molecule has 0 saturated heterocycles. The number of fused-ring (bicyclic) bond motifs is 1. The molecular formula is C11H8O5. The summed E-state index contributed by atoms with van der Waals surface area (Å²) in [4.78, 5) is 22.1. The average Bonchev–Trinajstić information content (AvgIpc) is 2.71. The summed E-state index contributed by atoms with van der Waals surface area (Å²) in [6.07, 6.45) is 0. The van der Waals surface area contributed by atoms with E-state index >= 15 is 0 Å². The molecule has 2 aromatic rings. The van der Waals surface area contributed by atoms with Crippen LogP contribution >= 0.6 is 0 Å². The summed E-state index contributed by atoms with van der Waals surface area (Å²) in [5, 5.41) is 9.32. The first kappa shape index (κ1) is 10.2. The number of carbonyl (C=O) groups excluding carboxylic acids is 1. The van der Waals surface area contributed by atoms with Crippen molar-refractivity contribution in [1.82, 2.24) is 0 Å². The van der Waals surface area contributed by atoms with Crippen LogP contribution in [0.25, 0.3) is 11.0 Å². The van der Waals surface area contributed by atoms with Crippen LogP contribution < -0.4 is 0 Å². The summed E-state index contributed by atoms with van der Waals surface area (Å²) < 4.78 is 9.65. The predicted octanol–water partition coefficient (Wildman–Crippen LogP) is 1.92. The summed E-state index contributed by atoms with van der Waals surface area (Å²) >= 11 is 0. The number of rotatable bonds is 2. The third kappa shape index (κ3) is 1.52. The van der Waals surface area contributed by atoms with Gasteiger partial charge in [-0.3, -0.25) is 0 Å². The topological polar surface area (TPSA) is 76.7 Å². The van der Waals surface area contributed by atoms with Crippen molar-refractivity contribution in [3.63, 3.8) is 0 Å². The van der Waals surface area contributed by atoms with Crippen LogP contribution in [0, 0.1) is 0 Å². The highest BCUT2D eigenvalue weighted by atomic mass is 16.5. The second-order valence-corrected chi connectivity index (χ2v) is 3.13. The Morgan fingerprint density at radius 3 is 2.75 bits per heavy atom. The van der Waals surface area contributed by atoms with Crippen LogP contribution in [0.1, 0.15) is 20.9 Å². The number of aromatic carboxylic acids is 1. The van der Waals surface area contributed by atoms with E-state index in [0.717, 1.165) is 0 Å². The van der Waals surface area contributed by atoms with Crippen molar-refractivity contribution in [1.29, 1.82) is 0 Å². The Balaban J connectivity index is 2.67. The van der Waals surface area contributed by atoms with Gasteiger partial charge in [-0.1, -0.05) is 12.1 Å². The largest absolute Gasteiger partial charge is 0.475 e. The van der Waals surface area contributed by atoms with E-state index in [9.17, 15) is 9.59 Å². The first-order valence-corrected chi connectivity index (χ1v) is 4.47. The molecule has 16 heavy (non-hydrogen) atoms. The van der Waals surface area contributed by atoms with Crippen LogP contribution in [0.3, 0.4) is 0 Å². The van der Waals surface area contributed by atoms with Gasteiger partial charge in [-0.2, -0.15) is 0 Å². The number of methoxy groups -OCH3 is 1. The Bertz CT molecular complexity index is 567. The van der Waals surface area contributed by atoms with E-state index in [0.29, 0.717) is 5.39 Å². The van der Waals surface area contributed by atoms with Gasteiger partial charge in [0.1, 0.15) is 11.1 Å². The first-order valence-electron chi connectivity index (χ1n) is 4.47. The molecule has 0 unspecified atom stereocenters. The smallest absolute Gasteiger partial charge is 0.371 e. The van der Waals surface area contributed by atoms with Gasteiger partial charge >= 0.3 is 11.9 Å². The fourth-order valence-corrected chi connectivity index (χ4v) is 1.44. The zero-order valence-electron chi connectivity index (χ0n) is 8.39. The number of carboxylic acid groups (broad SMARTS) is 1. The Labute approximate surface area is 90.2 Å². The maximum absolute atomic E-state index is 11.4. The van der Waals surface area contributed by atoms with Gasteiger partial charge in [0, 0.05) is 5.39 Å². The molecule has 0 amide bonds. The minimum Gasteiger partial charge on any atom is -0.475 e. The lowest BCUT2D eigenvalue weighted by molar-refractivity contribution is 0.0597. The highest BCUT2D eigenvalue weighted by molar-refractivity contribution is 6.03. The Hall–Kier alpha value is -2.30. The maximum Gasteiger partial charge on any atom is 0.371 e. The number of furan rings is 1. The van der Waals surface area contributed by atoms with Gasteiger partial charge in [0.15, 0.2) is 0 Å². The van der Waals surface area contributed by atoms with E-state index in [-0.39, 0.29) is 16.9 Å². The molecule has 0 fully saturated rings. The maximum atomic E-state index is 11.4. The minimum absolute atomic E-state index is 0.202. The molecule has 0 aliphatic heterocycles. The molecule has 5 nitrogen and oxygen atoms in total. The minimum atomic E-state index is -1.17. The van der Waals surface area contributed by atoms with Crippen LogP contribution in [-0.4, -0.2) is 24.2 Å². The van der Waals surface area contributed by atoms with E-state index in [1.54, 1.807) is 12.1 Å². The summed E-state index contributed by atoms with van der Waals surface area (Å²) in [5.41, 5.74) is 0.444. The van der Waals surface area contributed by atoms with Gasteiger partial charge in [0.25, 0.3) is 0 Å². The molecule has 1 heterocycles. The van der Waals surface area contributed by atoms with Gasteiger partial charge in [0.05, 0.1) is 7.11 Å². The van der Waals surface area contributed by atoms with E-state index in [1.165, 1.54) is 19.2 Å². The number of benzene rings is 1. The van der Waals surface area contributed by atoms with Crippen molar-refractivity contribution >= 4 is 22.9 Å². The summed E-state index contributed by atoms with van der Waals surface area (Å²) in [6, 6.07) is 6.18. The molecule has 0 spiro atoms. The number of esters is 1. The van der Waals surface area contributed by atoms with Crippen molar-refractivity contribution in [3.8, 4) is 0 Å². The Morgan fingerprint density at radius 2 is 2.12 bits per heavy atom. The standard InChI is InChI=1S/C11H8O5/c1-15-11(14)7-4-2-3-6-5-8(10(12)13)16-9(6)7/h2-5H,1H3,(H,12,13). The van der Waals surface area contributed by atoms with Crippen molar-refractivity contribution in [2.75, 3.05) is 7.11 Å². The number of carboxylic acids is 1. The van der Waals surface area contributed by atoms with E-state index in [4.69, 9.17) is 9.52 Å². The number of ether oxygens (including phenoxy) is 1. The molecule has 2 rings (SSSR count). The molecule has 0 atom stereocenters. The average molecular weight is 220 g/mol. The fraction of sp³-hybridized carbons (Fsp3) is 0.0909. The molecule has 1 aromatic carbocycles. The monoisotopic (exact) mass is 220 g/mol. The lowest BCUT2D eigenvalue weighted by atomic mass is 10.1. The van der Waals surface area contributed by atoms with Gasteiger partial charge in [0.2, 0.25) is 5.76 Å². The summed E-state index contributed by atoms with van der Waals surface area (Å²) in [6.45, 7) is 0. The van der Waals surface area contributed by atoms with Crippen LogP contribution in [0.4, 0.5) is 0 Å². The molecule has 0 bridgehead atoms. The number of para-hydroxylation sites is 1. The van der Waals surface area contributed by atoms with Crippen LogP contribution in [0.2, 0.25) is 0 Å². The lowest BCUT2D eigenvalue weighted by Gasteiger charge is -1.98. The van der Waals surface area contributed by atoms with Gasteiger partial charge in [-0.05, 0) is 12.1 Å². The Morgan fingerprint density at radius 1 is 1.38 bits per heavy atom. The Kier molecular flexibility index (Phi) is 2.36. The second-order valence-electron chi connectivity index (χ2n) is 3.13. The molecule has 1 aromatic heterocycles. The number of carbonyl (C=O) groups is 2. The van der Waals surface area contributed by atoms with Crippen molar-refractivity contribution in [3.05, 3.63) is 35.6 Å². The zero-order chi connectivity index (χ0) is 11.7. The number of hydrogen-bond acceptors (Lipinski definition) is 4. The zero-order valence-corrected chi connectivity index (χ0v) is 8.39. The van der Waals surface area contributed by atoms with Gasteiger partial charge in [-0.15, -0.1) is 0 Å².